The van der Waals surface area contributed by atoms with E-state index in [0.29, 0.717) is 0 Å². The lowest BCUT2D eigenvalue weighted by molar-refractivity contribution is 0.0975. The number of ether oxygens (including phenoxy) is 1. The van der Waals surface area contributed by atoms with Gasteiger partial charge in [-0.2, -0.15) is 11.8 Å². The zero-order valence-electron chi connectivity index (χ0n) is 4.59. The third-order valence-corrected chi connectivity index (χ3v) is 1.09. The van der Waals surface area contributed by atoms with Crippen LogP contribution in [-0.4, -0.2) is 29.9 Å². The minimum absolute atomic E-state index is 0.288. The minimum Gasteiger partial charge on any atom is -0.450 e. The number of hydrogen-bond acceptors (Lipinski definition) is 3. The van der Waals surface area contributed by atoms with Crippen LogP contribution in [0.25, 0.3) is 0 Å². The van der Waals surface area contributed by atoms with Crippen molar-refractivity contribution in [3.05, 3.63) is 0 Å². The lowest BCUT2D eigenvalue weighted by Crippen LogP contribution is -2.02. The molecule has 0 unspecified atom stereocenters. The number of carbonyl (C=O) groups is 1. The van der Waals surface area contributed by atoms with Crippen molar-refractivity contribution in [1.82, 2.24) is 0 Å². The Labute approximate surface area is 52.0 Å². The zero-order chi connectivity index (χ0) is 6.41. The fraction of sp³-hybridized carbons (Fsp3) is 0.750. The Morgan fingerprint density at radius 2 is 2.50 bits per heavy atom. The van der Waals surface area contributed by atoms with Gasteiger partial charge in [0.15, 0.2) is 0 Å². The van der Waals surface area contributed by atoms with Crippen LogP contribution < -0.4 is 0 Å². The quantitative estimate of drug-likeness (QED) is 0.465. The molecular weight excluding hydrogens is 128 g/mol. The molecule has 4 heteroatoms. The van der Waals surface area contributed by atoms with Gasteiger partial charge in [0.1, 0.15) is 6.61 Å². The average molecular weight is 136 g/mol. The van der Waals surface area contributed by atoms with Crippen molar-refractivity contribution in [2.24, 2.45) is 0 Å². The van der Waals surface area contributed by atoms with Crippen LogP contribution in [0.15, 0.2) is 0 Å². The van der Waals surface area contributed by atoms with Crippen LogP contribution in [0.1, 0.15) is 0 Å². The summed E-state index contributed by atoms with van der Waals surface area (Å²) >= 11 is 1.56. The Hall–Kier alpha value is -0.380. The lowest BCUT2D eigenvalue weighted by atomic mass is 10.9. The van der Waals surface area contributed by atoms with E-state index >= 15 is 0 Å². The molecule has 0 saturated heterocycles. The van der Waals surface area contributed by atoms with Gasteiger partial charge in [-0.1, -0.05) is 0 Å². The lowest BCUT2D eigenvalue weighted by Gasteiger charge is -1.94. The second-order valence-corrected chi connectivity index (χ2v) is 2.09. The molecule has 0 aliphatic carbocycles. The van der Waals surface area contributed by atoms with Crippen LogP contribution in [0, 0.1) is 0 Å². The monoisotopic (exact) mass is 136 g/mol. The maximum atomic E-state index is 9.64. The summed E-state index contributed by atoms with van der Waals surface area (Å²) in [5, 5.41) is 7.91. The van der Waals surface area contributed by atoms with E-state index in [9.17, 15) is 4.79 Å². The molecule has 0 amide bonds. The maximum Gasteiger partial charge on any atom is 0.505 e. The summed E-state index contributed by atoms with van der Waals surface area (Å²) in [4.78, 5) is 9.64. The molecule has 0 atom stereocenters. The smallest absolute Gasteiger partial charge is 0.450 e. The molecule has 0 bridgehead atoms. The number of thioether (sulfide) groups is 1. The first kappa shape index (κ1) is 7.62. The fourth-order valence-electron chi connectivity index (χ4n) is 0.212. The maximum absolute atomic E-state index is 9.64. The summed E-state index contributed by atoms with van der Waals surface area (Å²) in [6.45, 7) is 0.288. The van der Waals surface area contributed by atoms with Crippen LogP contribution >= 0.6 is 11.8 Å². The molecule has 0 radical (unpaired) electrons. The van der Waals surface area contributed by atoms with Crippen LogP contribution in [0.5, 0.6) is 0 Å². The van der Waals surface area contributed by atoms with Gasteiger partial charge in [-0.25, -0.2) is 4.79 Å². The predicted molar refractivity (Wildman–Crippen MR) is 32.4 cm³/mol. The van der Waals surface area contributed by atoms with E-state index in [4.69, 9.17) is 5.11 Å². The number of rotatable bonds is 3. The van der Waals surface area contributed by atoms with Crippen LogP contribution in [0.3, 0.4) is 0 Å². The third kappa shape index (κ3) is 5.62. The summed E-state index contributed by atoms with van der Waals surface area (Å²) < 4.78 is 4.18. The molecule has 0 rings (SSSR count). The van der Waals surface area contributed by atoms with Crippen LogP contribution in [-0.2, 0) is 4.74 Å². The van der Waals surface area contributed by atoms with Gasteiger partial charge in [0, 0.05) is 5.75 Å². The van der Waals surface area contributed by atoms with Gasteiger partial charge < -0.3 is 9.84 Å². The first-order valence-corrected chi connectivity index (χ1v) is 3.51. The molecule has 1 N–H and O–H groups in total. The third-order valence-electron chi connectivity index (χ3n) is 0.513. The Morgan fingerprint density at radius 3 is 2.88 bits per heavy atom. The molecule has 3 nitrogen and oxygen atoms in total. The SMILES string of the molecule is CSCCOC(=O)O. The Balaban J connectivity index is 2.82. The zero-order valence-corrected chi connectivity index (χ0v) is 5.40. The summed E-state index contributed by atoms with van der Waals surface area (Å²) in [5.74, 6) is 0.728. The van der Waals surface area contributed by atoms with Crippen molar-refractivity contribution in [3.8, 4) is 0 Å². The van der Waals surface area contributed by atoms with Crippen molar-refractivity contribution in [2.75, 3.05) is 18.6 Å². The van der Waals surface area contributed by atoms with Crippen molar-refractivity contribution in [3.63, 3.8) is 0 Å². The van der Waals surface area contributed by atoms with E-state index in [0.717, 1.165) is 5.75 Å². The molecule has 0 fully saturated rings. The molecule has 0 aromatic heterocycles. The molecule has 0 aromatic rings. The predicted octanol–water partition coefficient (Wildman–Crippen LogP) is 1.04. The molecular formula is C4H8O3S. The standard InChI is InChI=1S/C4H8O3S/c1-8-3-2-7-4(5)6/h2-3H2,1H3,(H,5,6). The van der Waals surface area contributed by atoms with E-state index in [2.05, 4.69) is 4.74 Å². The highest BCUT2D eigenvalue weighted by Gasteiger charge is 1.91. The molecule has 0 heterocycles. The van der Waals surface area contributed by atoms with Crippen molar-refractivity contribution in [1.29, 1.82) is 0 Å². The van der Waals surface area contributed by atoms with Gasteiger partial charge in [0.05, 0.1) is 0 Å². The molecule has 0 aliphatic rings. The Kier molecular flexibility index (Phi) is 4.54. The highest BCUT2D eigenvalue weighted by molar-refractivity contribution is 7.98. The number of carboxylic acid groups (broad SMARTS) is 1. The summed E-state index contributed by atoms with van der Waals surface area (Å²) in [5.41, 5.74) is 0. The average Bonchev–Trinajstić information content (AvgIpc) is 1.66. The normalized spacial score (nSPS) is 8.62. The van der Waals surface area contributed by atoms with E-state index in [-0.39, 0.29) is 6.61 Å². The molecule has 0 aromatic carbocycles. The molecule has 0 spiro atoms. The Morgan fingerprint density at radius 1 is 1.88 bits per heavy atom. The van der Waals surface area contributed by atoms with Gasteiger partial charge in [-0.05, 0) is 6.26 Å². The van der Waals surface area contributed by atoms with E-state index < -0.39 is 6.16 Å². The van der Waals surface area contributed by atoms with Gasteiger partial charge in [0.25, 0.3) is 0 Å². The van der Waals surface area contributed by atoms with Gasteiger partial charge in [-0.3, -0.25) is 0 Å². The Bertz CT molecular complexity index is 73.7. The van der Waals surface area contributed by atoms with Crippen LogP contribution in [0.4, 0.5) is 4.79 Å². The van der Waals surface area contributed by atoms with E-state index in [1.807, 2.05) is 6.26 Å². The topological polar surface area (TPSA) is 46.5 Å². The molecule has 0 saturated carbocycles. The van der Waals surface area contributed by atoms with Gasteiger partial charge in [0.2, 0.25) is 0 Å². The summed E-state index contributed by atoms with van der Waals surface area (Å²) in [6.07, 6.45) is 0.699. The van der Waals surface area contributed by atoms with E-state index in [1.165, 1.54) is 0 Å². The van der Waals surface area contributed by atoms with Gasteiger partial charge >= 0.3 is 6.16 Å². The van der Waals surface area contributed by atoms with E-state index in [1.54, 1.807) is 11.8 Å². The van der Waals surface area contributed by atoms with Crippen molar-refractivity contribution >= 4 is 17.9 Å². The summed E-state index contributed by atoms with van der Waals surface area (Å²) in [7, 11) is 0. The molecule has 48 valence electrons. The van der Waals surface area contributed by atoms with Gasteiger partial charge in [-0.15, -0.1) is 0 Å². The fourth-order valence-corrected chi connectivity index (χ4v) is 0.462. The number of hydrogen-bond donors (Lipinski definition) is 1. The molecule has 0 aliphatic heterocycles. The largest absolute Gasteiger partial charge is 0.505 e. The highest BCUT2D eigenvalue weighted by atomic mass is 32.2. The summed E-state index contributed by atoms with van der Waals surface area (Å²) in [6, 6.07) is 0. The van der Waals surface area contributed by atoms with Crippen LogP contribution in [0.2, 0.25) is 0 Å². The van der Waals surface area contributed by atoms with Crippen molar-refractivity contribution in [2.45, 2.75) is 0 Å². The molecule has 8 heavy (non-hydrogen) atoms. The first-order valence-electron chi connectivity index (χ1n) is 2.12. The second kappa shape index (κ2) is 4.77. The highest BCUT2D eigenvalue weighted by Crippen LogP contribution is 1.89. The van der Waals surface area contributed by atoms with Crippen molar-refractivity contribution < 1.29 is 14.6 Å². The second-order valence-electron chi connectivity index (χ2n) is 1.11. The first-order chi connectivity index (χ1) is 3.77. The minimum atomic E-state index is -1.20.